The first kappa shape index (κ1) is 21.5. The molecule has 4 heteroatoms. The van der Waals surface area contributed by atoms with Crippen LogP contribution in [0.15, 0.2) is 72.8 Å². The van der Waals surface area contributed by atoms with Crippen LogP contribution in [0, 0.1) is 5.92 Å². The Bertz CT molecular complexity index is 850. The van der Waals surface area contributed by atoms with E-state index in [4.69, 9.17) is 13.9 Å². The Hall–Kier alpha value is -1.72. The van der Waals surface area contributed by atoms with E-state index in [0.29, 0.717) is 6.61 Å². The Morgan fingerprint density at radius 1 is 1.03 bits per heavy atom. The first-order valence-corrected chi connectivity index (χ1v) is 12.8. The van der Waals surface area contributed by atoms with Crippen LogP contribution in [0.2, 0.25) is 5.04 Å². The van der Waals surface area contributed by atoms with E-state index >= 15 is 0 Å². The number of ether oxygens (including phenoxy) is 2. The van der Waals surface area contributed by atoms with Gasteiger partial charge in [0.15, 0.2) is 0 Å². The molecule has 3 nitrogen and oxygen atoms in total. The predicted octanol–water partition coefficient (Wildman–Crippen LogP) is 4.31. The molecule has 1 aliphatic heterocycles. The zero-order valence-electron chi connectivity index (χ0n) is 18.9. The summed E-state index contributed by atoms with van der Waals surface area (Å²) in [5.74, 6) is 0.248. The molecule has 1 saturated carbocycles. The summed E-state index contributed by atoms with van der Waals surface area (Å²) in [5, 5.41) is 2.51. The Morgan fingerprint density at radius 2 is 1.57 bits per heavy atom. The van der Waals surface area contributed by atoms with Crippen LogP contribution in [0.5, 0.6) is 0 Å². The van der Waals surface area contributed by atoms with Crippen LogP contribution in [0.3, 0.4) is 0 Å². The summed E-state index contributed by atoms with van der Waals surface area (Å²) in [6.07, 6.45) is 0.913. The minimum absolute atomic E-state index is 0.00165. The molecule has 1 aliphatic carbocycles. The quantitative estimate of drug-likeness (QED) is 0.513. The second-order valence-corrected chi connectivity index (χ2v) is 14.2. The zero-order chi connectivity index (χ0) is 21.6. The topological polar surface area (TPSA) is 27.7 Å². The van der Waals surface area contributed by atoms with Crippen LogP contribution in [0.25, 0.3) is 0 Å². The largest absolute Gasteiger partial charge is 0.404 e. The molecule has 30 heavy (non-hydrogen) atoms. The number of rotatable bonds is 6. The molecule has 2 aliphatic rings. The summed E-state index contributed by atoms with van der Waals surface area (Å²) in [5.41, 5.74) is 0.773. The number of hydrogen-bond donors (Lipinski definition) is 0. The van der Waals surface area contributed by atoms with Gasteiger partial charge in [-0.25, -0.2) is 0 Å². The Balaban J connectivity index is 1.79. The maximum absolute atomic E-state index is 7.19. The fourth-order valence-corrected chi connectivity index (χ4v) is 10.4. The van der Waals surface area contributed by atoms with Crippen molar-refractivity contribution in [3.8, 4) is 0 Å². The van der Waals surface area contributed by atoms with Crippen molar-refractivity contribution in [1.82, 2.24) is 0 Å². The van der Waals surface area contributed by atoms with Crippen molar-refractivity contribution >= 4 is 18.7 Å². The zero-order valence-corrected chi connectivity index (χ0v) is 19.9. The summed E-state index contributed by atoms with van der Waals surface area (Å²) >= 11 is 0. The van der Waals surface area contributed by atoms with E-state index in [9.17, 15) is 0 Å². The van der Waals surface area contributed by atoms with Gasteiger partial charge in [-0.1, -0.05) is 93.6 Å². The molecule has 160 valence electrons. The second-order valence-electron chi connectivity index (χ2n) is 9.86. The fourth-order valence-electron chi connectivity index (χ4n) is 5.80. The molecule has 2 aromatic carbocycles. The highest BCUT2D eigenvalue weighted by Gasteiger charge is 2.62. The van der Waals surface area contributed by atoms with Gasteiger partial charge in [0.25, 0.3) is 8.32 Å². The lowest BCUT2D eigenvalue weighted by atomic mass is 9.97. The van der Waals surface area contributed by atoms with Crippen molar-refractivity contribution in [3.05, 3.63) is 72.8 Å². The van der Waals surface area contributed by atoms with Crippen molar-refractivity contribution in [2.75, 3.05) is 13.7 Å². The normalized spacial score (nSPS) is 28.8. The van der Waals surface area contributed by atoms with Gasteiger partial charge in [0.1, 0.15) is 5.60 Å². The van der Waals surface area contributed by atoms with Crippen LogP contribution in [0.4, 0.5) is 0 Å². The molecule has 0 unspecified atom stereocenters. The lowest BCUT2D eigenvalue weighted by Crippen LogP contribution is -2.68. The van der Waals surface area contributed by atoms with Gasteiger partial charge in [-0.2, -0.15) is 0 Å². The van der Waals surface area contributed by atoms with E-state index in [0.717, 1.165) is 6.42 Å². The SMILES string of the molecule is C=C1C[C@]2(CO[Si](c3ccccc3)(c3ccccc3)C(C)(C)C)O[C@@H](C)[C@H]1[C@@H]2OC. The maximum atomic E-state index is 7.19. The number of methoxy groups -OCH3 is 1. The summed E-state index contributed by atoms with van der Waals surface area (Å²) < 4.78 is 19.7. The van der Waals surface area contributed by atoms with Gasteiger partial charge in [0.05, 0.1) is 18.8 Å². The summed E-state index contributed by atoms with van der Waals surface area (Å²) in [6.45, 7) is 13.9. The van der Waals surface area contributed by atoms with Crippen LogP contribution in [-0.4, -0.2) is 39.8 Å². The van der Waals surface area contributed by atoms with Crippen LogP contribution in [0.1, 0.15) is 34.1 Å². The highest BCUT2D eigenvalue weighted by molar-refractivity contribution is 6.99. The molecule has 0 amide bonds. The van der Waals surface area contributed by atoms with Gasteiger partial charge in [0, 0.05) is 19.4 Å². The van der Waals surface area contributed by atoms with Gasteiger partial charge in [-0.3, -0.25) is 0 Å². The minimum Gasteiger partial charge on any atom is -0.404 e. The van der Waals surface area contributed by atoms with Crippen molar-refractivity contribution in [2.24, 2.45) is 5.92 Å². The lowest BCUT2D eigenvalue weighted by molar-refractivity contribution is -0.110. The van der Waals surface area contributed by atoms with Gasteiger partial charge in [-0.05, 0) is 22.3 Å². The molecule has 1 heterocycles. The van der Waals surface area contributed by atoms with E-state index in [2.05, 4.69) is 94.9 Å². The van der Waals surface area contributed by atoms with E-state index < -0.39 is 13.9 Å². The number of benzene rings is 2. The molecule has 2 fully saturated rings. The summed E-state index contributed by atoms with van der Waals surface area (Å²) in [4.78, 5) is 0. The smallest absolute Gasteiger partial charge is 0.261 e. The third-order valence-electron chi connectivity index (χ3n) is 6.97. The molecule has 4 rings (SSSR count). The Kier molecular flexibility index (Phi) is 5.56. The van der Waals surface area contributed by atoms with Crippen LogP contribution >= 0.6 is 0 Å². The fraction of sp³-hybridized carbons (Fsp3) is 0.462. The Morgan fingerprint density at radius 3 is 2.00 bits per heavy atom. The summed E-state index contributed by atoms with van der Waals surface area (Å²) in [6, 6.07) is 21.5. The molecule has 2 aromatic rings. The molecule has 0 spiro atoms. The van der Waals surface area contributed by atoms with Gasteiger partial charge in [0.2, 0.25) is 0 Å². The number of hydrogen-bond acceptors (Lipinski definition) is 3. The maximum Gasteiger partial charge on any atom is 0.261 e. The predicted molar refractivity (Wildman–Crippen MR) is 125 cm³/mol. The third kappa shape index (κ3) is 3.21. The highest BCUT2D eigenvalue weighted by atomic mass is 28.4. The van der Waals surface area contributed by atoms with Crippen molar-refractivity contribution in [2.45, 2.75) is 57.0 Å². The van der Waals surface area contributed by atoms with Crippen molar-refractivity contribution in [1.29, 1.82) is 0 Å². The molecule has 1 saturated heterocycles. The molecular weight excluding hydrogens is 388 g/mol. The average Bonchev–Trinajstić information content (AvgIpc) is 3.15. The monoisotopic (exact) mass is 422 g/mol. The van der Waals surface area contributed by atoms with Crippen LogP contribution in [-0.2, 0) is 13.9 Å². The van der Waals surface area contributed by atoms with Gasteiger partial charge >= 0.3 is 0 Å². The molecule has 0 N–H and O–H groups in total. The highest BCUT2D eigenvalue weighted by Crippen LogP contribution is 2.53. The first-order chi connectivity index (χ1) is 14.2. The van der Waals surface area contributed by atoms with Crippen molar-refractivity contribution in [3.63, 3.8) is 0 Å². The first-order valence-electron chi connectivity index (χ1n) is 10.9. The summed E-state index contributed by atoms with van der Waals surface area (Å²) in [7, 11) is -0.826. The lowest BCUT2D eigenvalue weighted by Gasteiger charge is -2.45. The van der Waals surface area contributed by atoms with Crippen LogP contribution < -0.4 is 10.4 Å². The molecule has 0 aromatic heterocycles. The second kappa shape index (κ2) is 7.76. The molecule has 0 radical (unpaired) electrons. The third-order valence-corrected chi connectivity index (χ3v) is 12.0. The Labute approximate surface area is 182 Å². The standard InChI is InChI=1S/C26H34O3Si/c1-19-17-26(24(27-6)23(19)20(2)29-26)18-28-30(25(3,4)5,21-13-9-7-10-14-21)22-15-11-8-12-16-22/h7-16,20,23-24H,1,17-18H2,2-6H3/t20-,23-,24-,26+/m0/s1. The number of fused-ring (bicyclic) bond motifs is 2. The minimum atomic E-state index is -2.61. The van der Waals surface area contributed by atoms with Gasteiger partial charge in [-0.15, -0.1) is 0 Å². The molecular formula is C26H34O3Si. The van der Waals surface area contributed by atoms with E-state index in [1.54, 1.807) is 7.11 Å². The average molecular weight is 423 g/mol. The molecule has 2 bridgehead atoms. The van der Waals surface area contributed by atoms with Gasteiger partial charge < -0.3 is 13.9 Å². The van der Waals surface area contributed by atoms with E-state index in [-0.39, 0.29) is 23.2 Å². The van der Waals surface area contributed by atoms with Crippen molar-refractivity contribution < 1.29 is 13.9 Å². The molecule has 4 atom stereocenters. The van der Waals surface area contributed by atoms with E-state index in [1.165, 1.54) is 15.9 Å². The van der Waals surface area contributed by atoms with E-state index in [1.807, 2.05) is 0 Å².